The summed E-state index contributed by atoms with van der Waals surface area (Å²) in [7, 11) is 0. The molecule has 2 fully saturated rings. The largest absolute Gasteiger partial charge is 0.314 e. The number of fused-ring (bicyclic) bond motifs is 2. The summed E-state index contributed by atoms with van der Waals surface area (Å²) in [6, 6.07) is 1.39. The Labute approximate surface area is 321 Å². The molecule has 7 aliphatic rings. The Balaban J connectivity index is 1.00. The van der Waals surface area contributed by atoms with E-state index in [0.29, 0.717) is 17.9 Å². The Kier molecular flexibility index (Phi) is 14.7. The third-order valence-electron chi connectivity index (χ3n) is 15.4. The molecule has 1 saturated carbocycles. The molecule has 7 rings (SSSR count). The Morgan fingerprint density at radius 1 is 0.827 bits per heavy atom. The summed E-state index contributed by atoms with van der Waals surface area (Å²) < 4.78 is 0. The van der Waals surface area contributed by atoms with Crippen molar-refractivity contribution in [3.05, 3.63) is 70.9 Å². The fourth-order valence-corrected chi connectivity index (χ4v) is 12.4. The molecule has 0 aromatic heterocycles. The number of unbranched alkanes of at least 4 members (excludes halogenated alkanes) is 1. The van der Waals surface area contributed by atoms with E-state index in [9.17, 15) is 0 Å². The molecule has 2 heteroatoms. The summed E-state index contributed by atoms with van der Waals surface area (Å²) in [5, 5.41) is 7.80. The average molecular weight is 707 g/mol. The molecule has 10 atom stereocenters. The topological polar surface area (TPSA) is 24.1 Å². The first-order valence-electron chi connectivity index (χ1n) is 23.2. The normalized spacial score (nSPS) is 34.9. The fourth-order valence-electron chi connectivity index (χ4n) is 12.4. The van der Waals surface area contributed by atoms with Crippen LogP contribution in [0, 0.1) is 47.3 Å². The van der Waals surface area contributed by atoms with Crippen LogP contribution >= 0.6 is 0 Å². The van der Waals surface area contributed by atoms with Crippen molar-refractivity contribution in [2.45, 2.75) is 180 Å². The highest BCUT2D eigenvalue weighted by Gasteiger charge is 2.36. The number of allylic oxidation sites excluding steroid dienone is 11. The predicted molar refractivity (Wildman–Crippen MR) is 224 cm³/mol. The Morgan fingerprint density at radius 2 is 1.75 bits per heavy atom. The third-order valence-corrected chi connectivity index (χ3v) is 15.4. The molecule has 0 aromatic carbocycles. The molecule has 0 amide bonds. The Hall–Kier alpha value is -1.64. The van der Waals surface area contributed by atoms with Gasteiger partial charge in [-0.1, -0.05) is 104 Å². The zero-order chi connectivity index (χ0) is 35.5. The Bertz CT molecular complexity index is 1300. The van der Waals surface area contributed by atoms with Crippen molar-refractivity contribution in [1.29, 1.82) is 0 Å². The van der Waals surface area contributed by atoms with E-state index in [-0.39, 0.29) is 0 Å². The highest BCUT2D eigenvalue weighted by Crippen LogP contribution is 2.49. The van der Waals surface area contributed by atoms with Gasteiger partial charge in [0, 0.05) is 12.1 Å². The summed E-state index contributed by atoms with van der Waals surface area (Å²) in [5.74, 6) is 6.19. The summed E-state index contributed by atoms with van der Waals surface area (Å²) in [4.78, 5) is 0. The molecule has 2 N–H and O–H groups in total. The second-order valence-electron chi connectivity index (χ2n) is 18.8. The third kappa shape index (κ3) is 10.2. The standard InChI is InChI=1S/C50H78N2/c1-3-14-41(16-9-10-20-45-21-13-34-51-45)48-33-32-47(49-22-11-12-23-50(48)49)37(2)24-25-44(36-52-46-18-5-4-6-19-46)40-28-26-39(27-29-40)43-31-30-38-15-7-8-17-42(38)35-43/h5,7,15,18,24,26,28,35,38-41,43-47,49,51-52H,3-4,6,8-14,16-17,19-23,25,27,29-34,36H2,1-2H3/b37-24+. The van der Waals surface area contributed by atoms with Crippen molar-refractivity contribution in [3.8, 4) is 0 Å². The van der Waals surface area contributed by atoms with Gasteiger partial charge in [0.2, 0.25) is 0 Å². The lowest BCUT2D eigenvalue weighted by atomic mass is 9.63. The van der Waals surface area contributed by atoms with Gasteiger partial charge in [-0.3, -0.25) is 0 Å². The molecule has 1 saturated heterocycles. The van der Waals surface area contributed by atoms with Gasteiger partial charge in [0.1, 0.15) is 0 Å². The van der Waals surface area contributed by atoms with Crippen LogP contribution in [0.2, 0.25) is 0 Å². The van der Waals surface area contributed by atoms with E-state index in [2.05, 4.69) is 73.1 Å². The predicted octanol–water partition coefficient (Wildman–Crippen LogP) is 13.1. The molecule has 288 valence electrons. The fraction of sp³-hybridized carbons (Fsp3) is 0.760. The molecule has 10 unspecified atom stereocenters. The summed E-state index contributed by atoms with van der Waals surface area (Å²) in [5.41, 5.74) is 7.42. The van der Waals surface area contributed by atoms with Crippen LogP contribution in [0.15, 0.2) is 70.9 Å². The Morgan fingerprint density at radius 3 is 2.58 bits per heavy atom. The monoisotopic (exact) mass is 707 g/mol. The zero-order valence-corrected chi connectivity index (χ0v) is 33.8. The molecule has 0 spiro atoms. The second-order valence-corrected chi connectivity index (χ2v) is 18.8. The van der Waals surface area contributed by atoms with Gasteiger partial charge in [-0.15, -0.1) is 0 Å². The van der Waals surface area contributed by atoms with Crippen LogP contribution in [0.3, 0.4) is 0 Å². The van der Waals surface area contributed by atoms with E-state index >= 15 is 0 Å². The van der Waals surface area contributed by atoms with Crippen molar-refractivity contribution in [2.75, 3.05) is 13.1 Å². The van der Waals surface area contributed by atoms with E-state index in [4.69, 9.17) is 0 Å². The highest BCUT2D eigenvalue weighted by molar-refractivity contribution is 5.29. The van der Waals surface area contributed by atoms with Crippen LogP contribution in [0.5, 0.6) is 0 Å². The summed E-state index contributed by atoms with van der Waals surface area (Å²) in [6.45, 7) is 7.40. The number of hydrogen-bond donors (Lipinski definition) is 2. The first-order valence-corrected chi connectivity index (χ1v) is 23.2. The van der Waals surface area contributed by atoms with Crippen LogP contribution in [-0.4, -0.2) is 25.2 Å². The highest BCUT2D eigenvalue weighted by atomic mass is 14.9. The minimum atomic E-state index is 0.579. The summed E-state index contributed by atoms with van der Waals surface area (Å²) in [6.07, 6.45) is 53.8. The van der Waals surface area contributed by atoms with E-state index < -0.39 is 0 Å². The first-order chi connectivity index (χ1) is 25.7. The lowest BCUT2D eigenvalue weighted by molar-refractivity contribution is 0.278. The number of rotatable bonds is 16. The van der Waals surface area contributed by atoms with Crippen molar-refractivity contribution in [3.63, 3.8) is 0 Å². The number of nitrogens with one attached hydrogen (secondary N) is 2. The zero-order valence-electron chi connectivity index (χ0n) is 33.8. The van der Waals surface area contributed by atoms with Gasteiger partial charge in [0.15, 0.2) is 0 Å². The van der Waals surface area contributed by atoms with Gasteiger partial charge in [-0.05, 0) is 196 Å². The second kappa shape index (κ2) is 19.8. The quantitative estimate of drug-likeness (QED) is 0.123. The van der Waals surface area contributed by atoms with Crippen LogP contribution in [0.1, 0.15) is 168 Å². The molecular weight excluding hydrogens is 629 g/mol. The smallest absolute Gasteiger partial charge is 0.0250 e. The van der Waals surface area contributed by atoms with Crippen molar-refractivity contribution >= 4 is 0 Å². The molecule has 2 nitrogen and oxygen atoms in total. The lowest BCUT2D eigenvalue weighted by Gasteiger charge is -2.42. The molecule has 0 radical (unpaired) electrons. The van der Waals surface area contributed by atoms with Gasteiger partial charge in [0.05, 0.1) is 0 Å². The van der Waals surface area contributed by atoms with E-state index in [0.717, 1.165) is 41.5 Å². The first kappa shape index (κ1) is 38.6. The van der Waals surface area contributed by atoms with Crippen molar-refractivity contribution in [2.24, 2.45) is 47.3 Å². The van der Waals surface area contributed by atoms with Gasteiger partial charge in [-0.2, -0.15) is 0 Å². The molecule has 52 heavy (non-hydrogen) atoms. The summed E-state index contributed by atoms with van der Waals surface area (Å²) >= 11 is 0. The van der Waals surface area contributed by atoms with E-state index in [1.54, 1.807) is 11.1 Å². The van der Waals surface area contributed by atoms with Gasteiger partial charge >= 0.3 is 0 Å². The van der Waals surface area contributed by atoms with Crippen LogP contribution in [0.25, 0.3) is 0 Å². The minimum absolute atomic E-state index is 0.579. The van der Waals surface area contributed by atoms with Crippen molar-refractivity contribution < 1.29 is 0 Å². The van der Waals surface area contributed by atoms with Crippen LogP contribution < -0.4 is 10.6 Å². The lowest BCUT2D eigenvalue weighted by Crippen LogP contribution is -2.36. The molecule has 1 aliphatic heterocycles. The maximum absolute atomic E-state index is 4.06. The molecule has 6 aliphatic carbocycles. The maximum Gasteiger partial charge on any atom is 0.0250 e. The van der Waals surface area contributed by atoms with Crippen LogP contribution in [0.4, 0.5) is 0 Å². The van der Waals surface area contributed by atoms with E-state index in [1.165, 1.54) is 167 Å². The maximum atomic E-state index is 4.06. The van der Waals surface area contributed by atoms with Gasteiger partial charge in [0.25, 0.3) is 0 Å². The molecule has 0 aromatic rings. The molecule has 1 heterocycles. The van der Waals surface area contributed by atoms with Gasteiger partial charge < -0.3 is 10.6 Å². The van der Waals surface area contributed by atoms with Crippen molar-refractivity contribution in [1.82, 2.24) is 10.6 Å². The molecular formula is C50H78N2. The number of hydrogen-bond acceptors (Lipinski definition) is 2. The van der Waals surface area contributed by atoms with E-state index in [1.807, 2.05) is 11.1 Å². The van der Waals surface area contributed by atoms with Gasteiger partial charge in [-0.25, -0.2) is 0 Å². The minimum Gasteiger partial charge on any atom is -0.314 e. The SMILES string of the molecule is CCCC(CCCCC1CCCN1)C1=C2CCCCC2C(/C(C)=C/CC(CNC2C=CCCC2)C2C=CC(C3C=C4CCC=CC4CC3)CC2)CC1. The molecule has 0 bridgehead atoms. The average Bonchev–Trinajstić information content (AvgIpc) is 3.73. The van der Waals surface area contributed by atoms with Crippen LogP contribution in [-0.2, 0) is 0 Å².